The third kappa shape index (κ3) is 6.22. The van der Waals surface area contributed by atoms with Crippen molar-refractivity contribution in [3.8, 4) is 0 Å². The van der Waals surface area contributed by atoms with Crippen LogP contribution < -0.4 is 5.73 Å². The lowest BCUT2D eigenvalue weighted by atomic mass is 9.87. The minimum atomic E-state index is 0.283. The molecular formula is C15H28N2O. The minimum Gasteiger partial charge on any atom is -0.465 e. The summed E-state index contributed by atoms with van der Waals surface area (Å²) in [6.07, 6.45) is 2.11. The maximum atomic E-state index is 6.16. The van der Waals surface area contributed by atoms with Gasteiger partial charge >= 0.3 is 0 Å². The Hall–Kier alpha value is -0.800. The molecule has 1 rings (SSSR count). The fraction of sp³-hybridized carbons (Fsp3) is 0.733. The van der Waals surface area contributed by atoms with E-state index in [0.717, 1.165) is 37.5 Å². The predicted octanol–water partition coefficient (Wildman–Crippen LogP) is 3.17. The zero-order chi connectivity index (χ0) is 13.8. The van der Waals surface area contributed by atoms with Crippen LogP contribution in [-0.2, 0) is 6.54 Å². The van der Waals surface area contributed by atoms with E-state index in [1.54, 1.807) is 0 Å². The van der Waals surface area contributed by atoms with Crippen LogP contribution in [0.1, 0.15) is 45.1 Å². The zero-order valence-electron chi connectivity index (χ0n) is 12.5. The van der Waals surface area contributed by atoms with Crippen LogP contribution in [0.25, 0.3) is 0 Å². The number of rotatable bonds is 6. The van der Waals surface area contributed by atoms with E-state index in [4.69, 9.17) is 10.2 Å². The third-order valence-electron chi connectivity index (χ3n) is 2.98. The largest absolute Gasteiger partial charge is 0.465 e. The van der Waals surface area contributed by atoms with E-state index in [1.807, 2.05) is 19.1 Å². The minimum absolute atomic E-state index is 0.283. The molecule has 1 heterocycles. The van der Waals surface area contributed by atoms with Crippen LogP contribution >= 0.6 is 0 Å². The highest BCUT2D eigenvalue weighted by molar-refractivity contribution is 5.05. The van der Waals surface area contributed by atoms with Crippen molar-refractivity contribution in [1.82, 2.24) is 4.90 Å². The fourth-order valence-electron chi connectivity index (χ4n) is 2.19. The van der Waals surface area contributed by atoms with Crippen LogP contribution in [-0.4, -0.2) is 24.5 Å². The molecule has 1 aromatic heterocycles. The van der Waals surface area contributed by atoms with Crippen molar-refractivity contribution in [3.63, 3.8) is 0 Å². The Morgan fingerprint density at radius 2 is 2.00 bits per heavy atom. The molecule has 0 aliphatic rings. The topological polar surface area (TPSA) is 42.4 Å². The van der Waals surface area contributed by atoms with Crippen LogP contribution in [0.5, 0.6) is 0 Å². The van der Waals surface area contributed by atoms with Crippen molar-refractivity contribution in [2.75, 3.05) is 13.6 Å². The van der Waals surface area contributed by atoms with Crippen LogP contribution in [0.2, 0.25) is 0 Å². The highest BCUT2D eigenvalue weighted by Gasteiger charge is 2.16. The van der Waals surface area contributed by atoms with Crippen molar-refractivity contribution in [2.24, 2.45) is 11.1 Å². The number of hydrogen-bond acceptors (Lipinski definition) is 3. The van der Waals surface area contributed by atoms with Gasteiger partial charge in [0.05, 0.1) is 6.54 Å². The summed E-state index contributed by atoms with van der Waals surface area (Å²) >= 11 is 0. The molecule has 0 bridgehead atoms. The maximum Gasteiger partial charge on any atom is 0.118 e. The van der Waals surface area contributed by atoms with Gasteiger partial charge in [-0.1, -0.05) is 20.8 Å². The van der Waals surface area contributed by atoms with Crippen molar-refractivity contribution in [2.45, 2.75) is 53.1 Å². The Kier molecular flexibility index (Phi) is 5.42. The van der Waals surface area contributed by atoms with Crippen LogP contribution in [0.15, 0.2) is 16.5 Å². The van der Waals surface area contributed by atoms with Gasteiger partial charge in [-0.2, -0.15) is 0 Å². The molecule has 3 nitrogen and oxygen atoms in total. The van der Waals surface area contributed by atoms with Crippen LogP contribution in [0.3, 0.4) is 0 Å². The highest BCUT2D eigenvalue weighted by Crippen LogP contribution is 2.21. The Bertz CT molecular complexity index is 352. The Balaban J connectivity index is 2.26. The molecule has 18 heavy (non-hydrogen) atoms. The van der Waals surface area contributed by atoms with E-state index < -0.39 is 0 Å². The molecule has 0 amide bonds. The number of nitrogens with two attached hydrogens (primary N) is 1. The van der Waals surface area contributed by atoms with Gasteiger partial charge in [-0.3, -0.25) is 4.90 Å². The van der Waals surface area contributed by atoms with Gasteiger partial charge in [-0.25, -0.2) is 0 Å². The lowest BCUT2D eigenvalue weighted by Crippen LogP contribution is -2.31. The normalized spacial score (nSPS) is 14.2. The smallest absolute Gasteiger partial charge is 0.118 e. The van der Waals surface area contributed by atoms with Gasteiger partial charge in [-0.05, 0) is 50.9 Å². The van der Waals surface area contributed by atoms with E-state index in [9.17, 15) is 0 Å². The summed E-state index contributed by atoms with van der Waals surface area (Å²) in [4.78, 5) is 2.26. The van der Waals surface area contributed by atoms with Gasteiger partial charge in [0, 0.05) is 6.04 Å². The second kappa shape index (κ2) is 6.39. The quantitative estimate of drug-likeness (QED) is 0.845. The molecule has 0 radical (unpaired) electrons. The molecule has 0 aliphatic heterocycles. The monoisotopic (exact) mass is 252 g/mol. The summed E-state index contributed by atoms with van der Waals surface area (Å²) < 4.78 is 5.57. The predicted molar refractivity (Wildman–Crippen MR) is 76.4 cm³/mol. The second-order valence-electron chi connectivity index (χ2n) is 6.56. The first kappa shape index (κ1) is 15.3. The number of furan rings is 1. The van der Waals surface area contributed by atoms with Gasteiger partial charge < -0.3 is 10.2 Å². The molecule has 1 aromatic rings. The van der Waals surface area contributed by atoms with Gasteiger partial charge in [-0.15, -0.1) is 0 Å². The van der Waals surface area contributed by atoms with E-state index in [-0.39, 0.29) is 6.04 Å². The van der Waals surface area contributed by atoms with Gasteiger partial charge in [0.1, 0.15) is 11.5 Å². The van der Waals surface area contributed by atoms with Crippen LogP contribution in [0, 0.1) is 12.3 Å². The SMILES string of the molecule is Cc1ccc(CN(C)CCC(N)CC(C)(C)C)o1. The van der Waals surface area contributed by atoms with Gasteiger partial charge in [0.15, 0.2) is 0 Å². The number of aryl methyl sites for hydroxylation is 1. The second-order valence-corrected chi connectivity index (χ2v) is 6.56. The lowest BCUT2D eigenvalue weighted by molar-refractivity contribution is 0.261. The van der Waals surface area contributed by atoms with Gasteiger partial charge in [0.25, 0.3) is 0 Å². The first-order chi connectivity index (χ1) is 8.26. The molecule has 0 spiro atoms. The summed E-state index contributed by atoms with van der Waals surface area (Å²) in [5, 5.41) is 0. The summed E-state index contributed by atoms with van der Waals surface area (Å²) in [6.45, 7) is 10.6. The molecule has 1 unspecified atom stereocenters. The maximum absolute atomic E-state index is 6.16. The molecule has 2 N–H and O–H groups in total. The Labute approximate surface area is 111 Å². The first-order valence-corrected chi connectivity index (χ1v) is 6.76. The molecule has 1 atom stereocenters. The third-order valence-corrected chi connectivity index (χ3v) is 2.98. The number of nitrogens with zero attached hydrogens (tertiary/aromatic N) is 1. The molecule has 0 saturated heterocycles. The molecular weight excluding hydrogens is 224 g/mol. The van der Waals surface area contributed by atoms with E-state index >= 15 is 0 Å². The molecule has 3 heteroatoms. The molecule has 104 valence electrons. The average Bonchev–Trinajstić information content (AvgIpc) is 2.58. The Morgan fingerprint density at radius 3 is 2.50 bits per heavy atom. The molecule has 0 aliphatic carbocycles. The van der Waals surface area contributed by atoms with Crippen molar-refractivity contribution in [3.05, 3.63) is 23.7 Å². The van der Waals surface area contributed by atoms with Crippen molar-refractivity contribution >= 4 is 0 Å². The molecule has 0 saturated carbocycles. The van der Waals surface area contributed by atoms with Crippen molar-refractivity contribution in [1.29, 1.82) is 0 Å². The lowest BCUT2D eigenvalue weighted by Gasteiger charge is -2.24. The first-order valence-electron chi connectivity index (χ1n) is 6.76. The zero-order valence-corrected chi connectivity index (χ0v) is 12.5. The standard InChI is InChI=1S/C15H28N2O/c1-12-6-7-14(18-12)11-17(5)9-8-13(16)10-15(2,3)4/h6-7,13H,8-11,16H2,1-5H3. The van der Waals surface area contributed by atoms with E-state index in [2.05, 4.69) is 32.7 Å². The summed E-state index contributed by atoms with van der Waals surface area (Å²) in [5.74, 6) is 2.00. The fourth-order valence-corrected chi connectivity index (χ4v) is 2.19. The summed E-state index contributed by atoms with van der Waals surface area (Å²) in [5.41, 5.74) is 6.47. The van der Waals surface area contributed by atoms with Gasteiger partial charge in [0.2, 0.25) is 0 Å². The summed E-state index contributed by atoms with van der Waals surface area (Å²) in [6, 6.07) is 4.33. The highest BCUT2D eigenvalue weighted by atomic mass is 16.3. The van der Waals surface area contributed by atoms with Crippen LogP contribution in [0.4, 0.5) is 0 Å². The molecule has 0 fully saturated rings. The summed E-state index contributed by atoms with van der Waals surface area (Å²) in [7, 11) is 2.11. The Morgan fingerprint density at radius 1 is 1.33 bits per heavy atom. The molecule has 0 aromatic carbocycles. The van der Waals surface area contributed by atoms with E-state index in [1.165, 1.54) is 0 Å². The van der Waals surface area contributed by atoms with Crippen molar-refractivity contribution < 1.29 is 4.42 Å². The van der Waals surface area contributed by atoms with E-state index in [0.29, 0.717) is 5.41 Å². The number of hydrogen-bond donors (Lipinski definition) is 1. The average molecular weight is 252 g/mol.